The van der Waals surface area contributed by atoms with Gasteiger partial charge in [-0.25, -0.2) is 4.79 Å². The van der Waals surface area contributed by atoms with Crippen LogP contribution in [0.1, 0.15) is 81.4 Å². The van der Waals surface area contributed by atoms with Crippen molar-refractivity contribution in [3.8, 4) is 5.75 Å². The average Bonchev–Trinajstić information content (AvgIpc) is 3.38. The average molecular weight is 618 g/mol. The Morgan fingerprint density at radius 2 is 1.76 bits per heavy atom. The quantitative estimate of drug-likeness (QED) is 0.218. The van der Waals surface area contributed by atoms with E-state index in [9.17, 15) is 19.5 Å². The van der Waals surface area contributed by atoms with Crippen LogP contribution in [0, 0.1) is 6.92 Å². The van der Waals surface area contributed by atoms with E-state index in [0.717, 1.165) is 40.9 Å². The first-order valence-electron chi connectivity index (χ1n) is 16.0. The Labute approximate surface area is 269 Å². The molecule has 2 amide bonds. The van der Waals surface area contributed by atoms with Crippen molar-refractivity contribution in [2.45, 2.75) is 65.1 Å². The number of ether oxygens (including phenoxy) is 1. The van der Waals surface area contributed by atoms with Gasteiger partial charge in [-0.05, 0) is 110 Å². The van der Waals surface area contributed by atoms with E-state index in [1.54, 1.807) is 42.2 Å². The molecule has 2 N–H and O–H groups in total. The van der Waals surface area contributed by atoms with Gasteiger partial charge in [0, 0.05) is 23.4 Å². The highest BCUT2D eigenvalue weighted by molar-refractivity contribution is 6.07. The first-order chi connectivity index (χ1) is 22.3. The zero-order chi connectivity index (χ0) is 32.2. The van der Waals surface area contributed by atoms with E-state index in [1.165, 1.54) is 24.0 Å². The zero-order valence-electron chi connectivity index (χ0n) is 26.3. The maximum atomic E-state index is 14.1. The van der Waals surface area contributed by atoms with Crippen LogP contribution >= 0.6 is 0 Å². The van der Waals surface area contributed by atoms with E-state index in [1.807, 2.05) is 47.0 Å². The number of phenols is 1. The number of rotatable bonds is 8. The molecule has 3 aromatic carbocycles. The topological polar surface area (TPSA) is 101 Å². The van der Waals surface area contributed by atoms with Crippen LogP contribution < -0.4 is 10.2 Å². The number of benzene rings is 3. The molecule has 4 aromatic rings. The van der Waals surface area contributed by atoms with Crippen LogP contribution in [0.4, 0.5) is 5.69 Å². The van der Waals surface area contributed by atoms with Gasteiger partial charge in [-0.15, -0.1) is 0 Å². The highest BCUT2D eigenvalue weighted by Gasteiger charge is 2.30. The van der Waals surface area contributed by atoms with Gasteiger partial charge in [-0.1, -0.05) is 42.5 Å². The minimum Gasteiger partial charge on any atom is -0.508 e. The third-order valence-corrected chi connectivity index (χ3v) is 8.84. The maximum Gasteiger partial charge on any atom is 0.328 e. The molecule has 0 radical (unpaired) electrons. The highest BCUT2D eigenvalue weighted by Crippen LogP contribution is 2.33. The standard InChI is InChI=1S/C38H39N3O5/c1-3-46-38(45)33(22-26-13-17-31(42)18-14-26)39-36(43)35-20-16-30-24-41(34-12-8-7-11-29(34)23-40(30)35)37(44)28-15-19-32(25(2)21-28)27-9-5-4-6-10-27/h7-9,11-21,33,42H,3-6,10,22-24H2,1-2H3,(H,39,43)/t33-/m0/s1. The van der Waals surface area contributed by atoms with E-state index >= 15 is 0 Å². The van der Waals surface area contributed by atoms with Crippen LogP contribution in [0.15, 0.2) is 84.9 Å². The Balaban J connectivity index is 1.27. The Morgan fingerprint density at radius 1 is 0.957 bits per heavy atom. The van der Waals surface area contributed by atoms with Crippen molar-refractivity contribution in [2.24, 2.45) is 0 Å². The fourth-order valence-electron chi connectivity index (χ4n) is 6.47. The maximum absolute atomic E-state index is 14.1. The molecule has 8 nitrogen and oxygen atoms in total. The van der Waals surface area contributed by atoms with Crippen molar-refractivity contribution in [1.29, 1.82) is 0 Å². The number of amides is 2. The Kier molecular flexibility index (Phi) is 9.06. The van der Waals surface area contributed by atoms with Gasteiger partial charge in [0.1, 0.15) is 17.5 Å². The molecule has 1 atom stereocenters. The molecule has 2 aliphatic rings. The summed E-state index contributed by atoms with van der Waals surface area (Å²) in [6.45, 7) is 4.64. The zero-order valence-corrected chi connectivity index (χ0v) is 26.3. The minimum absolute atomic E-state index is 0.100. The molecular weight excluding hydrogens is 578 g/mol. The second-order valence-electron chi connectivity index (χ2n) is 12.0. The fourth-order valence-corrected chi connectivity index (χ4v) is 6.47. The number of carbonyl (C=O) groups is 3. The van der Waals surface area contributed by atoms with Crippen molar-refractivity contribution in [3.05, 3.63) is 124 Å². The van der Waals surface area contributed by atoms with E-state index in [2.05, 4.69) is 24.4 Å². The van der Waals surface area contributed by atoms with Crippen molar-refractivity contribution >= 4 is 29.0 Å². The molecular formula is C38H39N3O5. The number of hydrogen-bond acceptors (Lipinski definition) is 5. The third-order valence-electron chi connectivity index (χ3n) is 8.84. The number of esters is 1. The van der Waals surface area contributed by atoms with Crippen molar-refractivity contribution < 1.29 is 24.2 Å². The van der Waals surface area contributed by atoms with Gasteiger partial charge in [0.25, 0.3) is 11.8 Å². The van der Waals surface area contributed by atoms with Crippen LogP contribution in [-0.2, 0) is 29.0 Å². The molecule has 0 saturated heterocycles. The second-order valence-corrected chi connectivity index (χ2v) is 12.0. The monoisotopic (exact) mass is 617 g/mol. The van der Waals surface area contributed by atoms with Crippen LogP contribution in [0.25, 0.3) is 5.57 Å². The molecule has 0 fully saturated rings. The second kappa shape index (κ2) is 13.5. The molecule has 46 heavy (non-hydrogen) atoms. The molecule has 6 rings (SSSR count). The van der Waals surface area contributed by atoms with Crippen molar-refractivity contribution in [1.82, 2.24) is 9.88 Å². The number of carbonyl (C=O) groups excluding carboxylic acids is 3. The van der Waals surface area contributed by atoms with E-state index < -0.39 is 17.9 Å². The lowest BCUT2D eigenvalue weighted by Crippen LogP contribution is -2.44. The molecule has 236 valence electrons. The summed E-state index contributed by atoms with van der Waals surface area (Å²) in [5.74, 6) is -0.927. The normalized spacial score (nSPS) is 14.7. The smallest absolute Gasteiger partial charge is 0.328 e. The molecule has 0 bridgehead atoms. The van der Waals surface area contributed by atoms with Gasteiger partial charge in [-0.2, -0.15) is 0 Å². The van der Waals surface area contributed by atoms with Gasteiger partial charge < -0.3 is 24.6 Å². The number of para-hydroxylation sites is 1. The largest absolute Gasteiger partial charge is 0.508 e. The summed E-state index contributed by atoms with van der Waals surface area (Å²) >= 11 is 0. The number of nitrogens with one attached hydrogen (secondary N) is 1. The van der Waals surface area contributed by atoms with E-state index in [0.29, 0.717) is 17.8 Å². The molecule has 1 aliphatic carbocycles. The predicted octanol–water partition coefficient (Wildman–Crippen LogP) is 6.57. The van der Waals surface area contributed by atoms with Gasteiger partial charge in [0.05, 0.1) is 19.7 Å². The van der Waals surface area contributed by atoms with E-state index in [4.69, 9.17) is 4.74 Å². The molecule has 8 heteroatoms. The van der Waals surface area contributed by atoms with Gasteiger partial charge in [0.2, 0.25) is 0 Å². The summed E-state index contributed by atoms with van der Waals surface area (Å²) in [6, 6.07) is 23.0. The SMILES string of the molecule is CCOC(=O)[C@H](Cc1ccc(O)cc1)NC(=O)c1ccc2n1Cc1ccccc1N(C(=O)c1ccc(C3=CCCCC3)c(C)c1)C2. The number of aromatic hydroxyl groups is 1. The molecule has 0 saturated carbocycles. The first kappa shape index (κ1) is 30.9. The van der Waals surface area contributed by atoms with Crippen LogP contribution in [0.3, 0.4) is 0 Å². The fraction of sp³-hybridized carbons (Fsp3) is 0.289. The summed E-state index contributed by atoms with van der Waals surface area (Å²) in [5, 5.41) is 12.5. The third kappa shape index (κ3) is 6.47. The van der Waals surface area contributed by atoms with Gasteiger partial charge in [-0.3, -0.25) is 9.59 Å². The number of anilines is 1. The number of fused-ring (bicyclic) bond motifs is 2. The minimum atomic E-state index is -0.921. The number of hydrogen-bond donors (Lipinski definition) is 2. The number of aromatic nitrogens is 1. The van der Waals surface area contributed by atoms with Crippen LogP contribution in [0.2, 0.25) is 0 Å². The Hall–Kier alpha value is -5.11. The van der Waals surface area contributed by atoms with Gasteiger partial charge in [0.15, 0.2) is 0 Å². The summed E-state index contributed by atoms with van der Waals surface area (Å²) in [7, 11) is 0. The van der Waals surface area contributed by atoms with Crippen molar-refractivity contribution in [2.75, 3.05) is 11.5 Å². The lowest BCUT2D eigenvalue weighted by atomic mass is 9.90. The first-order valence-corrected chi connectivity index (χ1v) is 16.0. The summed E-state index contributed by atoms with van der Waals surface area (Å²) in [5.41, 5.74) is 7.96. The lowest BCUT2D eigenvalue weighted by Gasteiger charge is -2.23. The number of aryl methyl sites for hydroxylation is 1. The Bertz CT molecular complexity index is 1800. The summed E-state index contributed by atoms with van der Waals surface area (Å²) in [4.78, 5) is 42.5. The lowest BCUT2D eigenvalue weighted by molar-refractivity contribution is -0.145. The molecule has 1 aromatic heterocycles. The van der Waals surface area contributed by atoms with Crippen LogP contribution in [0.5, 0.6) is 5.75 Å². The van der Waals surface area contributed by atoms with Crippen LogP contribution in [-0.4, -0.2) is 40.1 Å². The highest BCUT2D eigenvalue weighted by atomic mass is 16.5. The molecule has 2 heterocycles. The Morgan fingerprint density at radius 3 is 2.50 bits per heavy atom. The van der Waals surface area contributed by atoms with Crippen molar-refractivity contribution in [3.63, 3.8) is 0 Å². The molecule has 0 unspecified atom stereocenters. The molecule has 1 aliphatic heterocycles. The number of phenolic OH excluding ortho intramolecular Hbond substituents is 1. The van der Waals surface area contributed by atoms with E-state index in [-0.39, 0.29) is 31.2 Å². The van der Waals surface area contributed by atoms with Gasteiger partial charge >= 0.3 is 5.97 Å². The number of nitrogens with zero attached hydrogens (tertiary/aromatic N) is 2. The summed E-state index contributed by atoms with van der Waals surface area (Å²) < 4.78 is 7.18. The molecule has 0 spiro atoms. The summed E-state index contributed by atoms with van der Waals surface area (Å²) in [6.07, 6.45) is 7.11. The predicted molar refractivity (Wildman–Crippen MR) is 178 cm³/mol. The number of allylic oxidation sites excluding steroid dienone is 2.